The van der Waals surface area contributed by atoms with Crippen molar-refractivity contribution in [3.63, 3.8) is 0 Å². The number of nitrogens with zero attached hydrogens (tertiary/aromatic N) is 1. The molecule has 2 nitrogen and oxygen atoms in total. The van der Waals surface area contributed by atoms with Gasteiger partial charge in [-0.3, -0.25) is 4.98 Å². The summed E-state index contributed by atoms with van der Waals surface area (Å²) < 4.78 is 0. The molecule has 2 unspecified atom stereocenters. The average molecular weight is 275 g/mol. The number of pyridine rings is 1. The van der Waals surface area contributed by atoms with Crippen LogP contribution >= 0.6 is 11.6 Å². The second-order valence-corrected chi connectivity index (χ2v) is 5.31. The molecular weight excluding hydrogens is 256 g/mol. The summed E-state index contributed by atoms with van der Waals surface area (Å²) in [7, 11) is 1.97. The van der Waals surface area contributed by atoms with Gasteiger partial charge >= 0.3 is 0 Å². The normalized spacial score (nSPS) is 14.1. The van der Waals surface area contributed by atoms with Crippen molar-refractivity contribution in [1.82, 2.24) is 10.3 Å². The molecule has 0 fully saturated rings. The van der Waals surface area contributed by atoms with Gasteiger partial charge in [-0.15, -0.1) is 0 Å². The van der Waals surface area contributed by atoms with E-state index in [4.69, 9.17) is 11.6 Å². The molecule has 100 valence electrons. The molecule has 3 heteroatoms. The van der Waals surface area contributed by atoms with Crippen LogP contribution in [0.1, 0.15) is 35.7 Å². The van der Waals surface area contributed by atoms with Crippen molar-refractivity contribution in [2.75, 3.05) is 7.05 Å². The zero-order valence-corrected chi connectivity index (χ0v) is 12.3. The van der Waals surface area contributed by atoms with E-state index < -0.39 is 0 Å². The van der Waals surface area contributed by atoms with Crippen LogP contribution in [0.3, 0.4) is 0 Å². The van der Waals surface area contributed by atoms with E-state index in [9.17, 15) is 0 Å². The van der Waals surface area contributed by atoms with E-state index in [-0.39, 0.29) is 12.0 Å². The largest absolute Gasteiger partial charge is 0.312 e. The number of likely N-dealkylation sites (N-methyl/N-ethyl adjacent to an activating group) is 1. The van der Waals surface area contributed by atoms with Crippen molar-refractivity contribution in [2.24, 2.45) is 0 Å². The first kappa shape index (κ1) is 14.0. The molecule has 0 amide bonds. The maximum absolute atomic E-state index is 6.16. The lowest BCUT2D eigenvalue weighted by atomic mass is 9.91. The van der Waals surface area contributed by atoms with Gasteiger partial charge in [0.25, 0.3) is 0 Å². The maximum Gasteiger partial charge on any atom is 0.0450 e. The number of nitrogens with one attached hydrogen (secondary N) is 1. The Hall–Kier alpha value is -1.38. The third-order valence-corrected chi connectivity index (χ3v) is 3.61. The minimum absolute atomic E-state index is 0.201. The van der Waals surface area contributed by atoms with Crippen LogP contribution in [0.4, 0.5) is 0 Å². The highest BCUT2D eigenvalue weighted by Gasteiger charge is 2.20. The van der Waals surface area contributed by atoms with Gasteiger partial charge in [-0.1, -0.05) is 30.7 Å². The Bertz CT molecular complexity index is 519. The minimum atomic E-state index is 0.201. The van der Waals surface area contributed by atoms with Crippen LogP contribution in [-0.4, -0.2) is 12.0 Å². The van der Waals surface area contributed by atoms with E-state index in [0.29, 0.717) is 0 Å². The lowest BCUT2D eigenvalue weighted by molar-refractivity contribution is 0.499. The smallest absolute Gasteiger partial charge is 0.0450 e. The van der Waals surface area contributed by atoms with Gasteiger partial charge in [-0.05, 0) is 49.4 Å². The van der Waals surface area contributed by atoms with Gasteiger partial charge in [0.1, 0.15) is 0 Å². The lowest BCUT2D eigenvalue weighted by Gasteiger charge is -2.24. The standard InChI is InChI=1S/C16H19ClN2/c1-11-8-13(10-14(17)9-11)16(18-3)12(2)15-6-4-5-7-19-15/h4-10,12,16,18H,1-3H3. The molecule has 19 heavy (non-hydrogen) atoms. The lowest BCUT2D eigenvalue weighted by Crippen LogP contribution is -2.23. The number of benzene rings is 1. The summed E-state index contributed by atoms with van der Waals surface area (Å²) in [5.74, 6) is 0.282. The van der Waals surface area contributed by atoms with Crippen molar-refractivity contribution in [2.45, 2.75) is 25.8 Å². The Kier molecular flexibility index (Phi) is 4.56. The molecule has 0 aliphatic rings. The van der Waals surface area contributed by atoms with Crippen LogP contribution in [0, 0.1) is 6.92 Å². The first-order valence-electron chi connectivity index (χ1n) is 6.47. The predicted molar refractivity (Wildman–Crippen MR) is 80.6 cm³/mol. The van der Waals surface area contributed by atoms with Crippen LogP contribution in [-0.2, 0) is 0 Å². The quantitative estimate of drug-likeness (QED) is 0.908. The van der Waals surface area contributed by atoms with E-state index in [1.165, 1.54) is 11.1 Å². The summed E-state index contributed by atoms with van der Waals surface area (Å²) in [5.41, 5.74) is 3.46. The first-order valence-corrected chi connectivity index (χ1v) is 6.85. The second kappa shape index (κ2) is 6.18. The number of hydrogen-bond acceptors (Lipinski definition) is 2. The van der Waals surface area contributed by atoms with Gasteiger partial charge in [0.2, 0.25) is 0 Å². The van der Waals surface area contributed by atoms with Crippen molar-refractivity contribution >= 4 is 11.6 Å². The predicted octanol–water partition coefficient (Wildman–Crippen LogP) is 4.11. The second-order valence-electron chi connectivity index (χ2n) is 4.87. The fraction of sp³-hybridized carbons (Fsp3) is 0.312. The Morgan fingerprint density at radius 3 is 2.58 bits per heavy atom. The van der Waals surface area contributed by atoms with Crippen LogP contribution in [0.2, 0.25) is 5.02 Å². The van der Waals surface area contributed by atoms with E-state index in [0.717, 1.165) is 10.7 Å². The molecule has 2 rings (SSSR count). The molecule has 0 spiro atoms. The van der Waals surface area contributed by atoms with Gasteiger partial charge in [0.05, 0.1) is 0 Å². The Labute approximate surface area is 119 Å². The van der Waals surface area contributed by atoms with Gasteiger partial charge in [0, 0.05) is 28.9 Å². The topological polar surface area (TPSA) is 24.9 Å². The molecule has 0 bridgehead atoms. The molecule has 2 atom stereocenters. The Balaban J connectivity index is 2.34. The van der Waals surface area contributed by atoms with E-state index in [1.54, 1.807) is 0 Å². The number of aromatic nitrogens is 1. The van der Waals surface area contributed by atoms with Gasteiger partial charge in [0.15, 0.2) is 0 Å². The van der Waals surface area contributed by atoms with Crippen molar-refractivity contribution in [1.29, 1.82) is 0 Å². The molecule has 0 radical (unpaired) electrons. The minimum Gasteiger partial charge on any atom is -0.312 e. The van der Waals surface area contributed by atoms with Crippen LogP contribution in [0.15, 0.2) is 42.6 Å². The number of hydrogen-bond donors (Lipinski definition) is 1. The number of aryl methyl sites for hydroxylation is 1. The molecule has 1 aromatic heterocycles. The first-order chi connectivity index (χ1) is 9.11. The number of rotatable bonds is 4. The van der Waals surface area contributed by atoms with Crippen molar-refractivity contribution in [3.05, 3.63) is 64.4 Å². The molecule has 2 aromatic rings. The van der Waals surface area contributed by atoms with Gasteiger partial charge in [-0.25, -0.2) is 0 Å². The van der Waals surface area contributed by atoms with E-state index >= 15 is 0 Å². The SMILES string of the molecule is CNC(c1cc(C)cc(Cl)c1)C(C)c1ccccn1. The Morgan fingerprint density at radius 2 is 2.00 bits per heavy atom. The third kappa shape index (κ3) is 3.34. The Morgan fingerprint density at radius 1 is 1.21 bits per heavy atom. The van der Waals surface area contributed by atoms with Crippen LogP contribution in [0.25, 0.3) is 0 Å². The zero-order chi connectivity index (χ0) is 13.8. The van der Waals surface area contributed by atoms with Crippen molar-refractivity contribution < 1.29 is 0 Å². The fourth-order valence-corrected chi connectivity index (χ4v) is 2.76. The summed E-state index contributed by atoms with van der Waals surface area (Å²) in [4.78, 5) is 4.44. The molecular formula is C16H19ClN2. The third-order valence-electron chi connectivity index (χ3n) is 3.39. The highest BCUT2D eigenvalue weighted by atomic mass is 35.5. The summed E-state index contributed by atoms with van der Waals surface area (Å²) in [6.45, 7) is 4.24. The van der Waals surface area contributed by atoms with E-state index in [1.807, 2.05) is 37.5 Å². The molecule has 0 aliphatic heterocycles. The molecule has 0 aliphatic carbocycles. The molecule has 0 saturated heterocycles. The fourth-order valence-electron chi connectivity index (χ4n) is 2.47. The van der Waals surface area contributed by atoms with Crippen LogP contribution < -0.4 is 5.32 Å². The molecule has 1 N–H and O–H groups in total. The molecule has 0 saturated carbocycles. The summed E-state index contributed by atoms with van der Waals surface area (Å²) in [6, 6.07) is 12.4. The average Bonchev–Trinajstić information content (AvgIpc) is 2.39. The summed E-state index contributed by atoms with van der Waals surface area (Å²) in [5, 5.41) is 4.15. The highest BCUT2D eigenvalue weighted by molar-refractivity contribution is 6.30. The van der Waals surface area contributed by atoms with Gasteiger partial charge in [-0.2, -0.15) is 0 Å². The summed E-state index contributed by atoms with van der Waals surface area (Å²) in [6.07, 6.45) is 1.84. The molecule has 1 aromatic carbocycles. The molecule has 1 heterocycles. The summed E-state index contributed by atoms with van der Waals surface area (Å²) >= 11 is 6.16. The monoisotopic (exact) mass is 274 g/mol. The van der Waals surface area contributed by atoms with Crippen LogP contribution in [0.5, 0.6) is 0 Å². The zero-order valence-electron chi connectivity index (χ0n) is 11.5. The van der Waals surface area contributed by atoms with E-state index in [2.05, 4.69) is 36.3 Å². The maximum atomic E-state index is 6.16. The van der Waals surface area contributed by atoms with Crippen molar-refractivity contribution in [3.8, 4) is 0 Å². The van der Waals surface area contributed by atoms with Gasteiger partial charge < -0.3 is 5.32 Å². The number of halogens is 1. The highest BCUT2D eigenvalue weighted by Crippen LogP contribution is 2.31.